The van der Waals surface area contributed by atoms with E-state index in [1.807, 2.05) is 0 Å². The lowest BCUT2D eigenvalue weighted by molar-refractivity contribution is -0.384. The highest BCUT2D eigenvalue weighted by molar-refractivity contribution is 7.22. The first-order valence-electron chi connectivity index (χ1n) is 8.76. The molecule has 0 amide bonds. The van der Waals surface area contributed by atoms with Crippen molar-refractivity contribution < 1.29 is 9.66 Å². The Hall–Kier alpha value is -2.00. The fourth-order valence-corrected chi connectivity index (χ4v) is 4.37. The second-order valence-corrected chi connectivity index (χ2v) is 7.42. The predicted molar refractivity (Wildman–Crippen MR) is 97.8 cm³/mol. The van der Waals surface area contributed by atoms with E-state index in [1.165, 1.54) is 24.2 Å². The normalized spacial score (nSPS) is 19.2. The van der Waals surface area contributed by atoms with Crippen LogP contribution in [0.25, 0.3) is 10.3 Å². The molecule has 2 aliphatic heterocycles. The van der Waals surface area contributed by atoms with Crippen molar-refractivity contribution in [2.75, 3.05) is 49.2 Å². The van der Waals surface area contributed by atoms with Crippen LogP contribution < -0.4 is 9.80 Å². The van der Waals surface area contributed by atoms with Gasteiger partial charge in [0.25, 0.3) is 0 Å². The van der Waals surface area contributed by atoms with Gasteiger partial charge in [-0.15, -0.1) is 0 Å². The van der Waals surface area contributed by atoms with Crippen molar-refractivity contribution in [3.63, 3.8) is 0 Å². The minimum Gasteiger partial charge on any atom is -0.378 e. The molecule has 2 aromatic heterocycles. The first-order valence-corrected chi connectivity index (χ1v) is 9.57. The molecule has 2 fully saturated rings. The van der Waals surface area contributed by atoms with Crippen LogP contribution in [0.15, 0.2) is 6.07 Å². The first kappa shape index (κ1) is 16.5. The summed E-state index contributed by atoms with van der Waals surface area (Å²) >= 11 is 1.47. The Morgan fingerprint density at radius 1 is 1.04 bits per heavy atom. The van der Waals surface area contributed by atoms with Crippen molar-refractivity contribution in [3.05, 3.63) is 16.2 Å². The number of hydrogen-bond donors (Lipinski definition) is 0. The zero-order valence-electron chi connectivity index (χ0n) is 14.0. The van der Waals surface area contributed by atoms with Gasteiger partial charge in [-0.05, 0) is 12.8 Å². The van der Waals surface area contributed by atoms with Gasteiger partial charge < -0.3 is 14.5 Å². The molecule has 2 saturated heterocycles. The molecule has 0 bridgehead atoms. The van der Waals surface area contributed by atoms with Crippen LogP contribution >= 0.6 is 11.3 Å². The third-order valence-electron chi connectivity index (χ3n) is 4.72. The highest BCUT2D eigenvalue weighted by atomic mass is 32.1. The SMILES string of the molecule is O=[N+]([O-])c1cc2sc(N3CCOCC3)nc2nc1N1CCCCCC1. The third-order valence-corrected chi connectivity index (χ3v) is 5.77. The van der Waals surface area contributed by atoms with Crippen LogP contribution in [0.3, 0.4) is 0 Å². The van der Waals surface area contributed by atoms with Gasteiger partial charge in [0.1, 0.15) is 0 Å². The lowest BCUT2D eigenvalue weighted by Gasteiger charge is -2.25. The van der Waals surface area contributed by atoms with E-state index < -0.39 is 0 Å². The first-order chi connectivity index (χ1) is 12.2. The van der Waals surface area contributed by atoms with E-state index in [9.17, 15) is 10.1 Å². The fourth-order valence-electron chi connectivity index (χ4n) is 3.37. The molecule has 9 heteroatoms. The van der Waals surface area contributed by atoms with Crippen LogP contribution in [-0.4, -0.2) is 54.3 Å². The Labute approximate surface area is 149 Å². The van der Waals surface area contributed by atoms with Gasteiger partial charge in [-0.2, -0.15) is 4.98 Å². The van der Waals surface area contributed by atoms with E-state index in [1.54, 1.807) is 6.07 Å². The number of pyridine rings is 1. The van der Waals surface area contributed by atoms with Gasteiger partial charge in [0.05, 0.1) is 22.8 Å². The summed E-state index contributed by atoms with van der Waals surface area (Å²) in [5, 5.41) is 12.5. The summed E-state index contributed by atoms with van der Waals surface area (Å²) in [4.78, 5) is 24.7. The summed E-state index contributed by atoms with van der Waals surface area (Å²) in [6.45, 7) is 4.59. The van der Waals surface area contributed by atoms with E-state index in [2.05, 4.69) is 19.8 Å². The van der Waals surface area contributed by atoms with Crippen molar-refractivity contribution in [1.82, 2.24) is 9.97 Å². The van der Waals surface area contributed by atoms with Crippen LogP contribution in [0.1, 0.15) is 25.7 Å². The number of nitro groups is 1. The molecule has 0 spiro atoms. The minimum absolute atomic E-state index is 0.0894. The van der Waals surface area contributed by atoms with Gasteiger partial charge in [0, 0.05) is 32.2 Å². The van der Waals surface area contributed by atoms with Gasteiger partial charge in [-0.25, -0.2) is 4.98 Å². The van der Waals surface area contributed by atoms with Gasteiger partial charge in [-0.1, -0.05) is 24.2 Å². The maximum Gasteiger partial charge on any atom is 0.313 e. The molecule has 2 aliphatic rings. The predicted octanol–water partition coefficient (Wildman–Crippen LogP) is 2.82. The van der Waals surface area contributed by atoms with Gasteiger partial charge in [-0.3, -0.25) is 10.1 Å². The summed E-state index contributed by atoms with van der Waals surface area (Å²) < 4.78 is 6.15. The number of thiazole rings is 1. The lowest BCUT2D eigenvalue weighted by atomic mass is 10.2. The molecule has 25 heavy (non-hydrogen) atoms. The Balaban J connectivity index is 1.73. The van der Waals surface area contributed by atoms with E-state index in [0.717, 1.165) is 48.9 Å². The zero-order valence-corrected chi connectivity index (χ0v) is 14.8. The van der Waals surface area contributed by atoms with Gasteiger partial charge in [0.2, 0.25) is 5.82 Å². The second kappa shape index (κ2) is 7.09. The number of fused-ring (bicyclic) bond motifs is 1. The maximum atomic E-state index is 11.6. The zero-order chi connectivity index (χ0) is 17.2. The number of morpholine rings is 1. The van der Waals surface area contributed by atoms with Crippen molar-refractivity contribution in [2.45, 2.75) is 25.7 Å². The molecule has 134 valence electrons. The molecule has 4 rings (SSSR count). The summed E-state index contributed by atoms with van der Waals surface area (Å²) in [6, 6.07) is 1.64. The largest absolute Gasteiger partial charge is 0.378 e. The average molecular weight is 363 g/mol. The molecule has 2 aromatic rings. The number of aromatic nitrogens is 2. The lowest BCUT2D eigenvalue weighted by Crippen LogP contribution is -2.36. The van der Waals surface area contributed by atoms with E-state index in [-0.39, 0.29) is 10.6 Å². The van der Waals surface area contributed by atoms with Crippen LogP contribution in [0.2, 0.25) is 0 Å². The van der Waals surface area contributed by atoms with E-state index >= 15 is 0 Å². The summed E-state index contributed by atoms with van der Waals surface area (Å²) in [6.07, 6.45) is 4.44. The molecule has 0 aliphatic carbocycles. The highest BCUT2D eigenvalue weighted by Gasteiger charge is 2.25. The third kappa shape index (κ3) is 3.38. The standard InChI is InChI=1S/C16H21N5O3S/c22-21(23)12-11-13-14(17-15(12)19-5-3-1-2-4-6-19)18-16(25-13)20-7-9-24-10-8-20/h11H,1-10H2. The molecule has 0 aromatic carbocycles. The van der Waals surface area contributed by atoms with Crippen molar-refractivity contribution in [2.24, 2.45) is 0 Å². The van der Waals surface area contributed by atoms with Crippen LogP contribution in [0.4, 0.5) is 16.6 Å². The minimum atomic E-state index is -0.319. The number of hydrogen-bond acceptors (Lipinski definition) is 8. The number of rotatable bonds is 3. The summed E-state index contributed by atoms with van der Waals surface area (Å²) in [5.41, 5.74) is 0.697. The molecule has 8 nitrogen and oxygen atoms in total. The van der Waals surface area contributed by atoms with E-state index in [0.29, 0.717) is 24.7 Å². The summed E-state index contributed by atoms with van der Waals surface area (Å²) in [5.74, 6) is 0.471. The summed E-state index contributed by atoms with van der Waals surface area (Å²) in [7, 11) is 0. The number of nitrogens with zero attached hydrogens (tertiary/aromatic N) is 5. The van der Waals surface area contributed by atoms with E-state index in [4.69, 9.17) is 4.74 Å². The monoisotopic (exact) mass is 363 g/mol. The van der Waals surface area contributed by atoms with Gasteiger partial charge >= 0.3 is 5.69 Å². The number of anilines is 2. The molecule has 0 atom stereocenters. The highest BCUT2D eigenvalue weighted by Crippen LogP contribution is 2.36. The molecule has 0 unspecified atom stereocenters. The Bertz CT molecular complexity index is 766. The Morgan fingerprint density at radius 3 is 2.44 bits per heavy atom. The average Bonchev–Trinajstić information content (AvgIpc) is 2.86. The topological polar surface area (TPSA) is 84.6 Å². The Kier molecular flexibility index (Phi) is 4.67. The Morgan fingerprint density at radius 2 is 1.76 bits per heavy atom. The van der Waals surface area contributed by atoms with Crippen LogP contribution in [-0.2, 0) is 4.74 Å². The van der Waals surface area contributed by atoms with Crippen molar-refractivity contribution in [3.8, 4) is 0 Å². The molecule has 4 heterocycles. The quantitative estimate of drug-likeness (QED) is 0.612. The van der Waals surface area contributed by atoms with Crippen molar-refractivity contribution >= 4 is 38.3 Å². The maximum absolute atomic E-state index is 11.6. The van der Waals surface area contributed by atoms with Crippen LogP contribution in [0, 0.1) is 10.1 Å². The molecule has 0 radical (unpaired) electrons. The molecule has 0 saturated carbocycles. The molecular formula is C16H21N5O3S. The second-order valence-electron chi connectivity index (χ2n) is 6.41. The number of ether oxygens (including phenoxy) is 1. The van der Waals surface area contributed by atoms with Crippen LogP contribution in [0.5, 0.6) is 0 Å². The molecular weight excluding hydrogens is 342 g/mol. The fraction of sp³-hybridized carbons (Fsp3) is 0.625. The molecule has 0 N–H and O–H groups in total. The smallest absolute Gasteiger partial charge is 0.313 e. The van der Waals surface area contributed by atoms with Gasteiger partial charge in [0.15, 0.2) is 10.8 Å². The van der Waals surface area contributed by atoms with Crippen molar-refractivity contribution in [1.29, 1.82) is 0 Å².